The molecule has 1 aliphatic carbocycles. The lowest BCUT2D eigenvalue weighted by molar-refractivity contribution is 0.242. The first-order valence-corrected chi connectivity index (χ1v) is 6.55. The Bertz CT molecular complexity index is 219. The van der Waals surface area contributed by atoms with Gasteiger partial charge in [0.1, 0.15) is 0 Å². The molecule has 0 spiro atoms. The van der Waals surface area contributed by atoms with Gasteiger partial charge in [-0.1, -0.05) is 13.8 Å². The van der Waals surface area contributed by atoms with Gasteiger partial charge in [0.25, 0.3) is 0 Å². The number of hydrogen-bond acceptors (Lipinski definition) is 2. The summed E-state index contributed by atoms with van der Waals surface area (Å²) in [6.07, 6.45) is 4.21. The van der Waals surface area contributed by atoms with Crippen molar-refractivity contribution in [1.29, 1.82) is 0 Å². The lowest BCUT2D eigenvalue weighted by Crippen LogP contribution is -2.44. The minimum atomic E-state index is 0.526. The second-order valence-electron chi connectivity index (χ2n) is 6.03. The van der Waals surface area contributed by atoms with E-state index < -0.39 is 0 Å². The molecular formula is C13H26N2. The summed E-state index contributed by atoms with van der Waals surface area (Å²) in [5.41, 5.74) is 0.526. The van der Waals surface area contributed by atoms with Gasteiger partial charge in [-0.05, 0) is 45.6 Å². The fourth-order valence-corrected chi connectivity index (χ4v) is 3.09. The summed E-state index contributed by atoms with van der Waals surface area (Å²) < 4.78 is 0. The van der Waals surface area contributed by atoms with Crippen LogP contribution in [0.3, 0.4) is 0 Å². The normalized spacial score (nSPS) is 30.4. The van der Waals surface area contributed by atoms with Gasteiger partial charge in [-0.2, -0.15) is 0 Å². The molecule has 1 N–H and O–H groups in total. The molecule has 1 saturated carbocycles. The fourth-order valence-electron chi connectivity index (χ4n) is 3.09. The number of hydrogen-bond donors (Lipinski definition) is 1. The molecule has 1 atom stereocenters. The smallest absolute Gasteiger partial charge is 0.0226 e. The zero-order valence-electron chi connectivity index (χ0n) is 10.7. The molecule has 0 aromatic heterocycles. The molecule has 1 unspecified atom stereocenters. The van der Waals surface area contributed by atoms with Crippen molar-refractivity contribution in [3.8, 4) is 0 Å². The third-order valence-corrected chi connectivity index (χ3v) is 4.10. The molecule has 2 nitrogen and oxygen atoms in total. The fraction of sp³-hybridized carbons (Fsp3) is 1.00. The lowest BCUT2D eigenvalue weighted by atomic mass is 9.95. The quantitative estimate of drug-likeness (QED) is 0.765. The summed E-state index contributed by atoms with van der Waals surface area (Å²) >= 11 is 0. The number of nitrogens with zero attached hydrogens (tertiary/aromatic N) is 1. The Labute approximate surface area is 94.4 Å². The van der Waals surface area contributed by atoms with Crippen LogP contribution in [-0.2, 0) is 0 Å². The van der Waals surface area contributed by atoms with E-state index in [-0.39, 0.29) is 0 Å². The molecule has 1 heterocycles. The molecule has 2 heteroatoms. The maximum Gasteiger partial charge on any atom is 0.0226 e. The highest BCUT2D eigenvalue weighted by Gasteiger charge is 2.51. The lowest BCUT2D eigenvalue weighted by Gasteiger charge is -2.28. The van der Waals surface area contributed by atoms with Crippen LogP contribution >= 0.6 is 0 Å². The summed E-state index contributed by atoms with van der Waals surface area (Å²) in [4.78, 5) is 2.63. The second-order valence-corrected chi connectivity index (χ2v) is 6.03. The van der Waals surface area contributed by atoms with Crippen LogP contribution in [0.25, 0.3) is 0 Å². The highest BCUT2D eigenvalue weighted by molar-refractivity contribution is 5.09. The van der Waals surface area contributed by atoms with Crippen LogP contribution in [-0.4, -0.2) is 35.6 Å². The van der Waals surface area contributed by atoms with Crippen molar-refractivity contribution >= 4 is 0 Å². The molecule has 0 radical (unpaired) electrons. The molecule has 2 aliphatic rings. The first-order valence-electron chi connectivity index (χ1n) is 6.55. The maximum absolute atomic E-state index is 3.80. The van der Waals surface area contributed by atoms with Gasteiger partial charge in [0.15, 0.2) is 0 Å². The van der Waals surface area contributed by atoms with Crippen LogP contribution in [0.15, 0.2) is 0 Å². The predicted molar refractivity (Wildman–Crippen MR) is 65.1 cm³/mol. The summed E-state index contributed by atoms with van der Waals surface area (Å²) in [6.45, 7) is 11.8. The Morgan fingerprint density at radius 3 is 2.27 bits per heavy atom. The molecule has 1 aliphatic heterocycles. The van der Waals surface area contributed by atoms with E-state index in [4.69, 9.17) is 0 Å². The largest absolute Gasteiger partial charge is 0.309 e. The van der Waals surface area contributed by atoms with Gasteiger partial charge in [0.05, 0.1) is 0 Å². The molecule has 0 aromatic carbocycles. The van der Waals surface area contributed by atoms with Crippen molar-refractivity contribution in [3.05, 3.63) is 0 Å². The molecular weight excluding hydrogens is 184 g/mol. The summed E-state index contributed by atoms with van der Waals surface area (Å²) in [7, 11) is 0. The van der Waals surface area contributed by atoms with E-state index in [1.54, 1.807) is 0 Å². The molecule has 0 bridgehead atoms. The number of nitrogens with one attached hydrogen (secondary N) is 1. The maximum atomic E-state index is 3.80. The van der Waals surface area contributed by atoms with Gasteiger partial charge in [0.2, 0.25) is 0 Å². The molecule has 2 fully saturated rings. The van der Waals surface area contributed by atoms with E-state index in [0.717, 1.165) is 12.0 Å². The van der Waals surface area contributed by atoms with Crippen LogP contribution < -0.4 is 5.32 Å². The van der Waals surface area contributed by atoms with E-state index in [1.165, 1.54) is 32.4 Å². The molecule has 0 amide bonds. The van der Waals surface area contributed by atoms with Crippen molar-refractivity contribution in [3.63, 3.8) is 0 Å². The molecule has 0 aromatic rings. The second kappa shape index (κ2) is 4.06. The Morgan fingerprint density at radius 2 is 1.87 bits per heavy atom. The SMILES string of the molecule is CC(C)NC1(C2CCN(C(C)C)C2)CC1. The van der Waals surface area contributed by atoms with Crippen molar-refractivity contribution < 1.29 is 0 Å². The third kappa shape index (κ3) is 2.36. The summed E-state index contributed by atoms with van der Waals surface area (Å²) in [5.74, 6) is 0.905. The Balaban J connectivity index is 1.90. The van der Waals surface area contributed by atoms with Crippen LogP contribution in [0.5, 0.6) is 0 Å². The van der Waals surface area contributed by atoms with Crippen molar-refractivity contribution in [2.45, 2.75) is 64.6 Å². The zero-order chi connectivity index (χ0) is 11.1. The zero-order valence-corrected chi connectivity index (χ0v) is 10.7. The van der Waals surface area contributed by atoms with Gasteiger partial charge in [-0.3, -0.25) is 0 Å². The number of rotatable bonds is 4. The van der Waals surface area contributed by atoms with Gasteiger partial charge in [0, 0.05) is 24.2 Å². The van der Waals surface area contributed by atoms with Crippen molar-refractivity contribution in [1.82, 2.24) is 10.2 Å². The third-order valence-electron chi connectivity index (χ3n) is 4.10. The molecule has 88 valence electrons. The standard InChI is InChI=1S/C13H26N2/c1-10(2)14-13(6-7-13)12-5-8-15(9-12)11(3)4/h10-12,14H,5-9H2,1-4H3. The van der Waals surface area contributed by atoms with E-state index in [2.05, 4.69) is 37.9 Å². The van der Waals surface area contributed by atoms with E-state index in [1.807, 2.05) is 0 Å². The summed E-state index contributed by atoms with van der Waals surface area (Å²) in [6, 6.07) is 1.37. The highest BCUT2D eigenvalue weighted by Crippen LogP contribution is 2.46. The Morgan fingerprint density at radius 1 is 1.20 bits per heavy atom. The van der Waals surface area contributed by atoms with Gasteiger partial charge in [-0.25, -0.2) is 0 Å². The minimum Gasteiger partial charge on any atom is -0.309 e. The first-order chi connectivity index (χ1) is 7.03. The number of likely N-dealkylation sites (tertiary alicyclic amines) is 1. The van der Waals surface area contributed by atoms with E-state index in [0.29, 0.717) is 11.6 Å². The molecule has 1 saturated heterocycles. The predicted octanol–water partition coefficient (Wildman–Crippen LogP) is 2.25. The monoisotopic (exact) mass is 210 g/mol. The Kier molecular flexibility index (Phi) is 3.09. The molecule has 15 heavy (non-hydrogen) atoms. The van der Waals surface area contributed by atoms with Gasteiger partial charge < -0.3 is 10.2 Å². The van der Waals surface area contributed by atoms with Gasteiger partial charge in [-0.15, -0.1) is 0 Å². The van der Waals surface area contributed by atoms with Crippen molar-refractivity contribution in [2.24, 2.45) is 5.92 Å². The van der Waals surface area contributed by atoms with Gasteiger partial charge >= 0.3 is 0 Å². The topological polar surface area (TPSA) is 15.3 Å². The minimum absolute atomic E-state index is 0.526. The van der Waals surface area contributed by atoms with Crippen molar-refractivity contribution in [2.75, 3.05) is 13.1 Å². The average Bonchev–Trinajstić information content (AvgIpc) is 2.75. The van der Waals surface area contributed by atoms with Crippen LogP contribution in [0.4, 0.5) is 0 Å². The van der Waals surface area contributed by atoms with E-state index >= 15 is 0 Å². The summed E-state index contributed by atoms with van der Waals surface area (Å²) in [5, 5.41) is 3.80. The first kappa shape index (κ1) is 11.4. The van der Waals surface area contributed by atoms with Crippen LogP contribution in [0, 0.1) is 5.92 Å². The molecule has 2 rings (SSSR count). The van der Waals surface area contributed by atoms with Crippen LogP contribution in [0.2, 0.25) is 0 Å². The van der Waals surface area contributed by atoms with Crippen LogP contribution in [0.1, 0.15) is 47.0 Å². The van der Waals surface area contributed by atoms with E-state index in [9.17, 15) is 0 Å². The average molecular weight is 210 g/mol. The Hall–Kier alpha value is -0.0800. The highest BCUT2D eigenvalue weighted by atomic mass is 15.2.